The first kappa shape index (κ1) is 16.1. The molecule has 0 saturated carbocycles. The van der Waals surface area contributed by atoms with E-state index in [9.17, 15) is 4.79 Å². The molecular weight excluding hydrogens is 292 g/mol. The summed E-state index contributed by atoms with van der Waals surface area (Å²) in [5.74, 6) is 0.582. The Bertz CT molecular complexity index is 466. The minimum absolute atomic E-state index is 0.00970. The molecule has 2 rings (SSSR count). The molecule has 1 aromatic rings. The molecule has 0 aromatic heterocycles. The fourth-order valence-corrected chi connectivity index (χ4v) is 2.66. The molecule has 1 heterocycles. The Hall–Kier alpha value is -1.30. The van der Waals surface area contributed by atoms with Gasteiger partial charge in [0.25, 0.3) is 5.91 Å². The lowest BCUT2D eigenvalue weighted by atomic mass is 9.99. The van der Waals surface area contributed by atoms with Gasteiger partial charge >= 0.3 is 0 Å². The van der Waals surface area contributed by atoms with Gasteiger partial charge in [0, 0.05) is 31.3 Å². The molecule has 1 saturated heterocycles. The minimum atomic E-state index is -0.0463. The number of rotatable bonds is 5. The van der Waals surface area contributed by atoms with Gasteiger partial charge in [0.05, 0.1) is 6.10 Å². The van der Waals surface area contributed by atoms with Crippen LogP contribution < -0.4 is 10.5 Å². The van der Waals surface area contributed by atoms with Crippen molar-refractivity contribution in [2.45, 2.75) is 25.0 Å². The third-order valence-electron chi connectivity index (χ3n) is 3.77. The molecule has 2 N–H and O–H groups in total. The van der Waals surface area contributed by atoms with Gasteiger partial charge in [-0.1, -0.05) is 11.6 Å². The summed E-state index contributed by atoms with van der Waals surface area (Å²) < 4.78 is 10.9. The van der Waals surface area contributed by atoms with E-state index in [0.717, 1.165) is 12.8 Å². The largest absolute Gasteiger partial charge is 0.484 e. The van der Waals surface area contributed by atoms with Gasteiger partial charge in [-0.05, 0) is 37.1 Å². The molecule has 1 fully saturated rings. The third-order valence-corrected chi connectivity index (χ3v) is 4.02. The van der Waals surface area contributed by atoms with Crippen LogP contribution in [0.5, 0.6) is 5.75 Å². The normalized spacial score (nSPS) is 22.1. The number of ether oxygens (including phenoxy) is 2. The molecule has 1 amide bonds. The van der Waals surface area contributed by atoms with Crippen LogP contribution >= 0.6 is 11.6 Å². The summed E-state index contributed by atoms with van der Waals surface area (Å²) in [6, 6.07) is 6.97. The van der Waals surface area contributed by atoms with Crippen LogP contribution in [0.25, 0.3) is 0 Å². The molecule has 116 valence electrons. The molecular formula is C15H21ClN2O3. The first-order valence-electron chi connectivity index (χ1n) is 7.04. The summed E-state index contributed by atoms with van der Waals surface area (Å²) in [5.41, 5.74) is 5.77. The van der Waals surface area contributed by atoms with Crippen LogP contribution in [0.4, 0.5) is 0 Å². The van der Waals surface area contributed by atoms with E-state index in [4.69, 9.17) is 26.8 Å². The topological polar surface area (TPSA) is 64.8 Å². The van der Waals surface area contributed by atoms with E-state index in [1.54, 1.807) is 36.3 Å². The second kappa shape index (κ2) is 7.64. The van der Waals surface area contributed by atoms with E-state index in [1.807, 2.05) is 0 Å². The number of nitrogens with two attached hydrogens (primary N) is 1. The number of hydrogen-bond acceptors (Lipinski definition) is 4. The number of piperidine rings is 1. The molecule has 5 nitrogen and oxygen atoms in total. The van der Waals surface area contributed by atoms with Gasteiger partial charge in [-0.15, -0.1) is 0 Å². The standard InChI is InChI=1S/C15H21ClN2O3/c1-20-14-6-7-18(12(8-14)9-17)15(19)10-21-13-4-2-11(16)3-5-13/h2-5,12,14H,6-10,17H2,1H3. The van der Waals surface area contributed by atoms with E-state index in [-0.39, 0.29) is 24.7 Å². The van der Waals surface area contributed by atoms with Gasteiger partial charge in [0.15, 0.2) is 6.61 Å². The fraction of sp³-hybridized carbons (Fsp3) is 0.533. The van der Waals surface area contributed by atoms with Crippen LogP contribution in [-0.2, 0) is 9.53 Å². The zero-order valence-electron chi connectivity index (χ0n) is 12.1. The molecule has 2 atom stereocenters. The summed E-state index contributed by atoms with van der Waals surface area (Å²) in [6.07, 6.45) is 1.79. The van der Waals surface area contributed by atoms with E-state index in [1.165, 1.54) is 0 Å². The van der Waals surface area contributed by atoms with Crippen molar-refractivity contribution in [3.8, 4) is 5.75 Å². The Balaban J connectivity index is 1.88. The van der Waals surface area contributed by atoms with Gasteiger partial charge in [-0.25, -0.2) is 0 Å². The summed E-state index contributed by atoms with van der Waals surface area (Å²) in [7, 11) is 1.69. The quantitative estimate of drug-likeness (QED) is 0.898. The number of hydrogen-bond donors (Lipinski definition) is 1. The number of benzene rings is 1. The molecule has 0 spiro atoms. The number of halogens is 1. The van der Waals surface area contributed by atoms with Crippen molar-refractivity contribution in [1.82, 2.24) is 4.90 Å². The number of likely N-dealkylation sites (tertiary alicyclic amines) is 1. The van der Waals surface area contributed by atoms with Gasteiger partial charge in [-0.3, -0.25) is 4.79 Å². The third kappa shape index (κ3) is 4.33. The number of amides is 1. The molecule has 2 unspecified atom stereocenters. The highest BCUT2D eigenvalue weighted by Gasteiger charge is 2.30. The number of carbonyl (C=O) groups is 1. The lowest BCUT2D eigenvalue weighted by Crippen LogP contribution is -2.52. The predicted octanol–water partition coefficient (Wildman–Crippen LogP) is 1.68. The Morgan fingerprint density at radius 3 is 2.76 bits per heavy atom. The van der Waals surface area contributed by atoms with Crippen molar-refractivity contribution in [2.24, 2.45) is 5.73 Å². The maximum atomic E-state index is 12.3. The minimum Gasteiger partial charge on any atom is -0.484 e. The zero-order valence-corrected chi connectivity index (χ0v) is 12.9. The molecule has 21 heavy (non-hydrogen) atoms. The maximum absolute atomic E-state index is 12.3. The van der Waals surface area contributed by atoms with Crippen molar-refractivity contribution < 1.29 is 14.3 Å². The lowest BCUT2D eigenvalue weighted by molar-refractivity contribution is -0.139. The van der Waals surface area contributed by atoms with Crippen LogP contribution in [0.2, 0.25) is 5.02 Å². The molecule has 0 aliphatic carbocycles. The Morgan fingerprint density at radius 2 is 2.14 bits per heavy atom. The molecule has 1 aliphatic rings. The zero-order chi connectivity index (χ0) is 15.2. The van der Waals surface area contributed by atoms with Crippen LogP contribution in [0.1, 0.15) is 12.8 Å². The SMILES string of the molecule is COC1CCN(C(=O)COc2ccc(Cl)cc2)C(CN)C1. The smallest absolute Gasteiger partial charge is 0.260 e. The monoisotopic (exact) mass is 312 g/mol. The Morgan fingerprint density at radius 1 is 1.43 bits per heavy atom. The Labute approximate surface area is 130 Å². The highest BCUT2D eigenvalue weighted by Crippen LogP contribution is 2.20. The highest BCUT2D eigenvalue weighted by atomic mass is 35.5. The summed E-state index contributed by atoms with van der Waals surface area (Å²) >= 11 is 5.80. The van der Waals surface area contributed by atoms with Crippen molar-refractivity contribution in [1.29, 1.82) is 0 Å². The van der Waals surface area contributed by atoms with E-state index < -0.39 is 0 Å². The van der Waals surface area contributed by atoms with E-state index >= 15 is 0 Å². The maximum Gasteiger partial charge on any atom is 0.260 e. The average Bonchev–Trinajstić information content (AvgIpc) is 2.53. The second-order valence-corrected chi connectivity index (χ2v) is 5.54. The predicted molar refractivity (Wildman–Crippen MR) is 81.5 cm³/mol. The molecule has 0 radical (unpaired) electrons. The number of methoxy groups -OCH3 is 1. The van der Waals surface area contributed by atoms with Gasteiger partial charge in [-0.2, -0.15) is 0 Å². The Kier molecular flexibility index (Phi) is 5.85. The number of nitrogens with zero attached hydrogens (tertiary/aromatic N) is 1. The summed E-state index contributed by atoms with van der Waals surface area (Å²) in [5, 5.41) is 0.638. The first-order chi connectivity index (χ1) is 10.1. The van der Waals surface area contributed by atoms with Crippen molar-refractivity contribution in [3.63, 3.8) is 0 Å². The van der Waals surface area contributed by atoms with Crippen LogP contribution in [0, 0.1) is 0 Å². The molecule has 6 heteroatoms. The van der Waals surface area contributed by atoms with Crippen LogP contribution in [-0.4, -0.2) is 49.8 Å². The fourth-order valence-electron chi connectivity index (χ4n) is 2.54. The first-order valence-corrected chi connectivity index (χ1v) is 7.42. The van der Waals surface area contributed by atoms with Crippen LogP contribution in [0.3, 0.4) is 0 Å². The van der Waals surface area contributed by atoms with Gasteiger partial charge < -0.3 is 20.1 Å². The lowest BCUT2D eigenvalue weighted by Gasteiger charge is -2.38. The second-order valence-electron chi connectivity index (χ2n) is 5.10. The molecule has 1 aromatic carbocycles. The van der Waals surface area contributed by atoms with Crippen LogP contribution in [0.15, 0.2) is 24.3 Å². The van der Waals surface area contributed by atoms with Crippen molar-refractivity contribution in [2.75, 3.05) is 26.8 Å². The average molecular weight is 313 g/mol. The summed E-state index contributed by atoms with van der Waals surface area (Å²) in [6.45, 7) is 1.10. The van der Waals surface area contributed by atoms with Crippen molar-refractivity contribution >= 4 is 17.5 Å². The summed E-state index contributed by atoms with van der Waals surface area (Å²) in [4.78, 5) is 14.1. The molecule has 0 bridgehead atoms. The van der Waals surface area contributed by atoms with E-state index in [0.29, 0.717) is 23.9 Å². The molecule has 1 aliphatic heterocycles. The highest BCUT2D eigenvalue weighted by molar-refractivity contribution is 6.30. The number of carbonyl (C=O) groups excluding carboxylic acids is 1. The van der Waals surface area contributed by atoms with E-state index in [2.05, 4.69) is 0 Å². The van der Waals surface area contributed by atoms with Gasteiger partial charge in [0.2, 0.25) is 0 Å². The van der Waals surface area contributed by atoms with Crippen molar-refractivity contribution in [3.05, 3.63) is 29.3 Å². The van der Waals surface area contributed by atoms with Gasteiger partial charge in [0.1, 0.15) is 5.75 Å².